The van der Waals surface area contributed by atoms with Crippen LogP contribution >= 0.6 is 0 Å². The summed E-state index contributed by atoms with van der Waals surface area (Å²) in [6.07, 6.45) is 3.32. The minimum Gasteiger partial charge on any atom is -0.504 e. The van der Waals surface area contributed by atoms with Crippen LogP contribution in [-0.4, -0.2) is 21.4 Å². The Labute approximate surface area is 93.1 Å². The monoisotopic (exact) mass is 219 g/mol. The maximum atomic E-state index is 9.51. The zero-order valence-electron chi connectivity index (χ0n) is 8.71. The Morgan fingerprint density at radius 3 is 2.94 bits per heavy atom. The van der Waals surface area contributed by atoms with Crippen molar-refractivity contribution in [3.63, 3.8) is 0 Å². The first-order chi connectivity index (χ1) is 7.79. The lowest BCUT2D eigenvalue weighted by Gasteiger charge is -2.03. The summed E-state index contributed by atoms with van der Waals surface area (Å²) in [5.74, 6) is 1.10. The maximum Gasteiger partial charge on any atom is 0.169 e. The molecule has 0 aliphatic heterocycles. The molecule has 16 heavy (non-hydrogen) atoms. The van der Waals surface area contributed by atoms with Crippen LogP contribution in [-0.2, 0) is 6.54 Å². The second-order valence-corrected chi connectivity index (χ2v) is 3.30. The second-order valence-electron chi connectivity index (χ2n) is 3.30. The van der Waals surface area contributed by atoms with Gasteiger partial charge in [0.25, 0.3) is 0 Å². The fourth-order valence-electron chi connectivity index (χ4n) is 1.32. The van der Waals surface area contributed by atoms with E-state index in [4.69, 9.17) is 10.5 Å². The smallest absolute Gasteiger partial charge is 0.169 e. The van der Waals surface area contributed by atoms with Gasteiger partial charge in [-0.1, -0.05) is 12.1 Å². The molecule has 84 valence electrons. The molecule has 0 aliphatic rings. The van der Waals surface area contributed by atoms with Crippen LogP contribution in [0, 0.1) is 0 Å². The number of hydrogen-bond acceptors (Lipinski definition) is 4. The molecule has 0 unspecified atom stereocenters. The molecular formula is C11H13N3O2. The van der Waals surface area contributed by atoms with Gasteiger partial charge in [-0.05, 0) is 12.1 Å². The SMILES string of the molecule is NCCn1cc(Oc2ccccc2O)cn1. The number of hydrogen-bond donors (Lipinski definition) is 2. The predicted molar refractivity (Wildman–Crippen MR) is 59.5 cm³/mol. The second kappa shape index (κ2) is 4.67. The number of aromatic hydroxyl groups is 1. The molecule has 0 atom stereocenters. The lowest BCUT2D eigenvalue weighted by Crippen LogP contribution is -2.09. The van der Waals surface area contributed by atoms with Gasteiger partial charge in [0.2, 0.25) is 0 Å². The lowest BCUT2D eigenvalue weighted by molar-refractivity contribution is 0.411. The van der Waals surface area contributed by atoms with Crippen LogP contribution in [0.2, 0.25) is 0 Å². The van der Waals surface area contributed by atoms with Gasteiger partial charge in [-0.15, -0.1) is 0 Å². The highest BCUT2D eigenvalue weighted by Gasteiger charge is 2.04. The highest BCUT2D eigenvalue weighted by Crippen LogP contribution is 2.29. The van der Waals surface area contributed by atoms with Gasteiger partial charge < -0.3 is 15.6 Å². The number of nitrogens with two attached hydrogens (primary N) is 1. The fraction of sp³-hybridized carbons (Fsp3) is 0.182. The van der Waals surface area contributed by atoms with E-state index in [9.17, 15) is 5.11 Å². The third-order valence-electron chi connectivity index (χ3n) is 2.06. The molecule has 0 saturated carbocycles. The molecule has 1 aromatic carbocycles. The van der Waals surface area contributed by atoms with Gasteiger partial charge >= 0.3 is 0 Å². The first-order valence-electron chi connectivity index (χ1n) is 4.98. The maximum absolute atomic E-state index is 9.51. The third-order valence-corrected chi connectivity index (χ3v) is 2.06. The van der Waals surface area contributed by atoms with Crippen molar-refractivity contribution < 1.29 is 9.84 Å². The molecule has 2 rings (SSSR count). The van der Waals surface area contributed by atoms with E-state index in [1.807, 2.05) is 0 Å². The molecule has 0 saturated heterocycles. The number of ether oxygens (including phenoxy) is 1. The zero-order chi connectivity index (χ0) is 11.4. The van der Waals surface area contributed by atoms with Crippen molar-refractivity contribution in [1.29, 1.82) is 0 Å². The van der Waals surface area contributed by atoms with Crippen molar-refractivity contribution in [3.05, 3.63) is 36.7 Å². The number of nitrogens with zero attached hydrogens (tertiary/aromatic N) is 2. The number of para-hydroxylation sites is 2. The van der Waals surface area contributed by atoms with Crippen LogP contribution in [0.5, 0.6) is 17.2 Å². The molecule has 1 aromatic heterocycles. The first kappa shape index (κ1) is 10.5. The van der Waals surface area contributed by atoms with Crippen LogP contribution in [0.4, 0.5) is 0 Å². The van der Waals surface area contributed by atoms with Crippen molar-refractivity contribution in [3.8, 4) is 17.2 Å². The van der Waals surface area contributed by atoms with E-state index in [0.29, 0.717) is 24.6 Å². The molecule has 2 aromatic rings. The Morgan fingerprint density at radius 1 is 1.38 bits per heavy atom. The Hall–Kier alpha value is -2.01. The van der Waals surface area contributed by atoms with Gasteiger partial charge in [0.1, 0.15) is 0 Å². The normalized spacial score (nSPS) is 10.3. The largest absolute Gasteiger partial charge is 0.504 e. The number of rotatable bonds is 4. The molecule has 0 bridgehead atoms. The van der Waals surface area contributed by atoms with E-state index < -0.39 is 0 Å². The van der Waals surface area contributed by atoms with E-state index in [-0.39, 0.29) is 5.75 Å². The van der Waals surface area contributed by atoms with Gasteiger partial charge in [0.05, 0.1) is 18.9 Å². The Balaban J connectivity index is 2.11. The summed E-state index contributed by atoms with van der Waals surface area (Å²) < 4.78 is 7.15. The van der Waals surface area contributed by atoms with Gasteiger partial charge in [-0.3, -0.25) is 4.68 Å². The van der Waals surface area contributed by atoms with Crippen LogP contribution in [0.25, 0.3) is 0 Å². The van der Waals surface area contributed by atoms with E-state index >= 15 is 0 Å². The Bertz CT molecular complexity index is 468. The van der Waals surface area contributed by atoms with Crippen molar-refractivity contribution in [2.24, 2.45) is 5.73 Å². The molecule has 0 radical (unpaired) electrons. The highest BCUT2D eigenvalue weighted by atomic mass is 16.5. The van der Waals surface area contributed by atoms with Crippen LogP contribution in [0.1, 0.15) is 0 Å². The molecule has 0 fully saturated rings. The Morgan fingerprint density at radius 2 is 2.19 bits per heavy atom. The minimum absolute atomic E-state index is 0.106. The quantitative estimate of drug-likeness (QED) is 0.813. The molecule has 0 spiro atoms. The van der Waals surface area contributed by atoms with Gasteiger partial charge in [0, 0.05) is 6.54 Å². The van der Waals surface area contributed by atoms with E-state index in [1.54, 1.807) is 41.3 Å². The number of phenols is 1. The van der Waals surface area contributed by atoms with Gasteiger partial charge in [-0.2, -0.15) is 5.10 Å². The lowest BCUT2D eigenvalue weighted by atomic mass is 10.3. The summed E-state index contributed by atoms with van der Waals surface area (Å²) in [5, 5.41) is 13.6. The number of aromatic nitrogens is 2. The Kier molecular flexibility index (Phi) is 3.07. The summed E-state index contributed by atoms with van der Waals surface area (Å²) in [5.41, 5.74) is 5.40. The van der Waals surface area contributed by atoms with Crippen molar-refractivity contribution in [2.45, 2.75) is 6.54 Å². The topological polar surface area (TPSA) is 73.3 Å². The summed E-state index contributed by atoms with van der Waals surface area (Å²) in [7, 11) is 0. The number of phenolic OH excluding ortho intramolecular Hbond substituents is 1. The predicted octanol–water partition coefficient (Wildman–Crippen LogP) is 1.34. The zero-order valence-corrected chi connectivity index (χ0v) is 8.71. The summed E-state index contributed by atoms with van der Waals surface area (Å²) >= 11 is 0. The first-order valence-corrected chi connectivity index (χ1v) is 4.98. The van der Waals surface area contributed by atoms with Crippen LogP contribution in [0.3, 0.4) is 0 Å². The van der Waals surface area contributed by atoms with Crippen LogP contribution in [0.15, 0.2) is 36.7 Å². The molecule has 5 nitrogen and oxygen atoms in total. The standard InChI is InChI=1S/C11H13N3O2/c12-5-6-14-8-9(7-13-14)16-11-4-2-1-3-10(11)15/h1-4,7-8,15H,5-6,12H2. The average molecular weight is 219 g/mol. The molecule has 0 aliphatic carbocycles. The summed E-state index contributed by atoms with van der Waals surface area (Å²) in [6, 6.07) is 6.79. The molecular weight excluding hydrogens is 206 g/mol. The van der Waals surface area contributed by atoms with Crippen molar-refractivity contribution in [1.82, 2.24) is 9.78 Å². The molecule has 1 heterocycles. The van der Waals surface area contributed by atoms with E-state index in [1.165, 1.54) is 0 Å². The third kappa shape index (κ3) is 2.32. The molecule has 0 amide bonds. The minimum atomic E-state index is 0.106. The van der Waals surface area contributed by atoms with Crippen molar-refractivity contribution in [2.75, 3.05) is 6.54 Å². The molecule has 5 heteroatoms. The van der Waals surface area contributed by atoms with Gasteiger partial charge in [-0.25, -0.2) is 0 Å². The van der Waals surface area contributed by atoms with E-state index in [2.05, 4.69) is 5.10 Å². The van der Waals surface area contributed by atoms with E-state index in [0.717, 1.165) is 0 Å². The van der Waals surface area contributed by atoms with Gasteiger partial charge in [0.15, 0.2) is 17.2 Å². The summed E-state index contributed by atoms with van der Waals surface area (Å²) in [6.45, 7) is 1.17. The molecule has 3 N–H and O–H groups in total. The van der Waals surface area contributed by atoms with Crippen LogP contribution < -0.4 is 10.5 Å². The fourth-order valence-corrected chi connectivity index (χ4v) is 1.32. The number of benzene rings is 1. The highest BCUT2D eigenvalue weighted by molar-refractivity contribution is 5.40. The van der Waals surface area contributed by atoms with Crippen molar-refractivity contribution >= 4 is 0 Å². The average Bonchev–Trinajstić information content (AvgIpc) is 2.70. The summed E-state index contributed by atoms with van der Waals surface area (Å²) in [4.78, 5) is 0.